The molecule has 13 heteroatoms. The number of azide groups is 1. The van der Waals surface area contributed by atoms with Gasteiger partial charge in [0.05, 0.1) is 37.1 Å². The van der Waals surface area contributed by atoms with Crippen molar-refractivity contribution in [3.63, 3.8) is 0 Å². The monoisotopic (exact) mass is 597 g/mol. The van der Waals surface area contributed by atoms with Crippen LogP contribution in [-0.2, 0) is 19.0 Å². The number of ether oxygens (including phenoxy) is 4. The van der Waals surface area contributed by atoms with Gasteiger partial charge in [-0.15, -0.1) is 0 Å². The van der Waals surface area contributed by atoms with Gasteiger partial charge in [0, 0.05) is 36.5 Å². The summed E-state index contributed by atoms with van der Waals surface area (Å²) < 4.78 is 37.2. The number of hydrogen-bond donors (Lipinski definition) is 1. The molecule has 0 aliphatic carbocycles. The zero-order valence-corrected chi connectivity index (χ0v) is 23.9. The number of benzene rings is 2. The number of unbranched alkanes of at least 4 members (excludes halogenated alkanes) is 2. The van der Waals surface area contributed by atoms with Crippen LogP contribution in [0.15, 0.2) is 47.6 Å². The maximum absolute atomic E-state index is 14.6. The fraction of sp³-hybridized carbons (Fsp3) is 0.500. The van der Waals surface area contributed by atoms with E-state index in [1.807, 2.05) is 0 Å². The number of nitrogens with zero attached hydrogens (tertiary/aromatic N) is 4. The molecule has 2 aromatic carbocycles. The molecule has 2 aliphatic heterocycles. The second kappa shape index (κ2) is 16.6. The van der Waals surface area contributed by atoms with Gasteiger partial charge in [-0.3, -0.25) is 19.3 Å². The summed E-state index contributed by atoms with van der Waals surface area (Å²) in [5.41, 5.74) is 9.66. The molecule has 0 bridgehead atoms. The van der Waals surface area contributed by atoms with Crippen molar-refractivity contribution in [1.82, 2.24) is 10.2 Å². The molecule has 2 atom stereocenters. The summed E-state index contributed by atoms with van der Waals surface area (Å²) in [6.45, 7) is 2.12. The minimum atomic E-state index is -0.686. The summed E-state index contributed by atoms with van der Waals surface area (Å²) >= 11 is 0. The zero-order valence-electron chi connectivity index (χ0n) is 23.9. The van der Waals surface area contributed by atoms with E-state index in [0.717, 1.165) is 6.42 Å². The molecule has 12 nitrogen and oxygen atoms in total. The molecule has 1 saturated heterocycles. The van der Waals surface area contributed by atoms with Crippen LogP contribution in [0.1, 0.15) is 71.1 Å². The van der Waals surface area contributed by atoms with Crippen molar-refractivity contribution in [3.8, 4) is 5.75 Å². The van der Waals surface area contributed by atoms with E-state index >= 15 is 0 Å². The Bertz CT molecular complexity index is 1280. The number of fused-ring (bicyclic) bond motifs is 1. The molecular weight excluding hydrogens is 561 g/mol. The van der Waals surface area contributed by atoms with Gasteiger partial charge in [-0.2, -0.15) is 0 Å². The summed E-state index contributed by atoms with van der Waals surface area (Å²) in [5.74, 6) is -1.05. The Morgan fingerprint density at radius 1 is 1.07 bits per heavy atom. The van der Waals surface area contributed by atoms with Gasteiger partial charge in [0.2, 0.25) is 5.91 Å². The summed E-state index contributed by atoms with van der Waals surface area (Å²) in [5, 5.41) is 6.16. The van der Waals surface area contributed by atoms with Crippen molar-refractivity contribution in [2.45, 2.75) is 50.9 Å². The highest BCUT2D eigenvalue weighted by Crippen LogP contribution is 2.31. The van der Waals surface area contributed by atoms with Gasteiger partial charge in [-0.05, 0) is 61.9 Å². The van der Waals surface area contributed by atoms with Crippen molar-refractivity contribution >= 4 is 17.7 Å². The van der Waals surface area contributed by atoms with E-state index in [0.29, 0.717) is 81.6 Å². The average Bonchev–Trinajstić information content (AvgIpc) is 3.58. The number of carbonyl (C=O) groups excluding carboxylic acids is 3. The van der Waals surface area contributed by atoms with Crippen LogP contribution in [0.4, 0.5) is 4.39 Å². The molecule has 0 radical (unpaired) electrons. The van der Waals surface area contributed by atoms with Gasteiger partial charge in [0.25, 0.3) is 11.8 Å². The lowest BCUT2D eigenvalue weighted by Crippen LogP contribution is -2.30. The second-order valence-corrected chi connectivity index (χ2v) is 10.1. The fourth-order valence-electron chi connectivity index (χ4n) is 4.82. The third-order valence-corrected chi connectivity index (χ3v) is 7.04. The van der Waals surface area contributed by atoms with Gasteiger partial charge >= 0.3 is 0 Å². The van der Waals surface area contributed by atoms with E-state index in [4.69, 9.17) is 24.5 Å². The van der Waals surface area contributed by atoms with Gasteiger partial charge in [-0.25, -0.2) is 4.39 Å². The third kappa shape index (κ3) is 9.23. The highest BCUT2D eigenvalue weighted by atomic mass is 19.1. The first-order chi connectivity index (χ1) is 21.0. The first-order valence-corrected chi connectivity index (χ1v) is 14.5. The number of rotatable bonds is 18. The Kier molecular flexibility index (Phi) is 12.3. The van der Waals surface area contributed by atoms with Crippen LogP contribution in [-0.4, -0.2) is 74.8 Å². The Balaban J connectivity index is 1.07. The van der Waals surface area contributed by atoms with Crippen LogP contribution in [0.5, 0.6) is 5.75 Å². The molecule has 1 N–H and O–H groups in total. The second-order valence-electron chi connectivity index (χ2n) is 10.1. The number of carbonyl (C=O) groups is 3. The van der Waals surface area contributed by atoms with Crippen LogP contribution in [0.3, 0.4) is 0 Å². The predicted molar refractivity (Wildman–Crippen MR) is 153 cm³/mol. The standard InChI is InChI=1S/C30H36FN5O7/c31-25-19-21(11-12-26(25)41-18-17-40-16-14-33-27(37)10-3-5-13-34-35-32)30-42-20-22(43-30)7-4-6-15-36-28(38)23-8-1-2-9-24(23)29(36)39/h1-2,8-9,11-12,19,22,30H,3-7,10,13-18,20H2,(H,33,37). The van der Waals surface area contributed by atoms with Crippen molar-refractivity contribution in [2.75, 3.05) is 46.1 Å². The minimum Gasteiger partial charge on any atom is -0.488 e. The van der Waals surface area contributed by atoms with E-state index in [-0.39, 0.29) is 42.8 Å². The molecule has 2 aliphatic rings. The number of hydrogen-bond acceptors (Lipinski definition) is 8. The van der Waals surface area contributed by atoms with Crippen LogP contribution in [0, 0.1) is 5.82 Å². The van der Waals surface area contributed by atoms with E-state index < -0.39 is 12.1 Å². The smallest absolute Gasteiger partial charge is 0.261 e. The molecule has 2 aromatic rings. The molecule has 0 saturated carbocycles. The normalized spacial score (nSPS) is 17.6. The van der Waals surface area contributed by atoms with Gasteiger partial charge in [0.1, 0.15) is 6.61 Å². The zero-order chi connectivity index (χ0) is 30.4. The average molecular weight is 598 g/mol. The fourth-order valence-corrected chi connectivity index (χ4v) is 4.82. The van der Waals surface area contributed by atoms with E-state index in [1.165, 1.54) is 17.0 Å². The molecular formula is C30H36FN5O7. The molecule has 230 valence electrons. The molecule has 3 amide bonds. The Hall–Kier alpha value is -4.03. The molecule has 2 unspecified atom stereocenters. The maximum atomic E-state index is 14.6. The number of amides is 3. The molecule has 1 fully saturated rings. The molecule has 0 spiro atoms. The number of halogens is 1. The Morgan fingerprint density at radius 3 is 2.60 bits per heavy atom. The summed E-state index contributed by atoms with van der Waals surface area (Å²) in [6.07, 6.45) is 2.89. The lowest BCUT2D eigenvalue weighted by atomic mass is 10.1. The summed E-state index contributed by atoms with van der Waals surface area (Å²) in [6, 6.07) is 11.4. The molecule has 2 heterocycles. The van der Waals surface area contributed by atoms with Crippen LogP contribution in [0.25, 0.3) is 10.4 Å². The van der Waals surface area contributed by atoms with Crippen LogP contribution in [0.2, 0.25) is 0 Å². The molecule has 4 rings (SSSR count). The van der Waals surface area contributed by atoms with E-state index in [9.17, 15) is 18.8 Å². The van der Waals surface area contributed by atoms with E-state index in [2.05, 4.69) is 15.3 Å². The lowest BCUT2D eigenvalue weighted by Gasteiger charge is -2.15. The van der Waals surface area contributed by atoms with Crippen LogP contribution >= 0.6 is 0 Å². The van der Waals surface area contributed by atoms with Crippen molar-refractivity contribution in [3.05, 3.63) is 75.4 Å². The highest BCUT2D eigenvalue weighted by Gasteiger charge is 2.34. The number of nitrogens with one attached hydrogen (secondary N) is 1. The number of imide groups is 1. The first-order valence-electron chi connectivity index (χ1n) is 14.5. The largest absolute Gasteiger partial charge is 0.488 e. The predicted octanol–water partition coefficient (Wildman–Crippen LogP) is 4.70. The van der Waals surface area contributed by atoms with Gasteiger partial charge < -0.3 is 24.3 Å². The summed E-state index contributed by atoms with van der Waals surface area (Å²) in [7, 11) is 0. The molecule has 43 heavy (non-hydrogen) atoms. The van der Waals surface area contributed by atoms with Gasteiger partial charge in [0.15, 0.2) is 17.9 Å². The van der Waals surface area contributed by atoms with Crippen LogP contribution < -0.4 is 10.1 Å². The third-order valence-electron chi connectivity index (χ3n) is 7.04. The topological polar surface area (TPSA) is 152 Å². The van der Waals surface area contributed by atoms with E-state index in [1.54, 1.807) is 30.3 Å². The maximum Gasteiger partial charge on any atom is 0.261 e. The lowest BCUT2D eigenvalue weighted by molar-refractivity contribution is -0.121. The van der Waals surface area contributed by atoms with Crippen molar-refractivity contribution < 1.29 is 37.7 Å². The Labute approximate surface area is 249 Å². The minimum absolute atomic E-state index is 0.0871. The van der Waals surface area contributed by atoms with Crippen molar-refractivity contribution in [2.24, 2.45) is 5.11 Å². The van der Waals surface area contributed by atoms with Crippen molar-refractivity contribution in [1.29, 1.82) is 0 Å². The summed E-state index contributed by atoms with van der Waals surface area (Å²) in [4.78, 5) is 40.6. The Morgan fingerprint density at radius 2 is 1.86 bits per heavy atom. The van der Waals surface area contributed by atoms with Gasteiger partial charge in [-0.1, -0.05) is 23.3 Å². The SMILES string of the molecule is [N-]=[N+]=NCCCCC(=O)NCCOCCOc1ccc(C2OCC(CCCCN3C(=O)c4ccccc4C3=O)O2)cc1F. The quantitative estimate of drug-likeness (QED) is 0.0860. The highest BCUT2D eigenvalue weighted by molar-refractivity contribution is 6.21. The first kappa shape index (κ1) is 31.9. The molecule has 0 aromatic heterocycles.